The number of phenolic OH excluding ortho intramolecular Hbond substituents is 2. The Morgan fingerprint density at radius 3 is 2.19 bits per heavy atom. The SMILES string of the molecule is Cc1c(Cl)c(O)c(C/C=C/CCCC/C=C/C(=O)C(C)(C)C)c(O)c1C=O. The largest absolute Gasteiger partial charge is 0.507 e. The van der Waals surface area contributed by atoms with Crippen LogP contribution >= 0.6 is 11.6 Å². The van der Waals surface area contributed by atoms with Crippen molar-refractivity contribution in [2.24, 2.45) is 5.41 Å². The number of carbonyl (C=O) groups excluding carboxylic acids is 2. The van der Waals surface area contributed by atoms with Crippen molar-refractivity contribution in [3.63, 3.8) is 0 Å². The van der Waals surface area contributed by atoms with Crippen molar-refractivity contribution in [2.45, 2.75) is 59.8 Å². The van der Waals surface area contributed by atoms with Gasteiger partial charge in [0, 0.05) is 11.0 Å². The van der Waals surface area contributed by atoms with E-state index in [0.717, 1.165) is 25.7 Å². The van der Waals surface area contributed by atoms with Crippen LogP contribution in [0.25, 0.3) is 0 Å². The summed E-state index contributed by atoms with van der Waals surface area (Å²) in [5, 5.41) is 20.4. The van der Waals surface area contributed by atoms with Gasteiger partial charge in [0.05, 0.1) is 10.6 Å². The van der Waals surface area contributed by atoms with Crippen LogP contribution in [0.1, 0.15) is 67.9 Å². The molecule has 1 aromatic rings. The van der Waals surface area contributed by atoms with Gasteiger partial charge in [-0.2, -0.15) is 0 Å². The fraction of sp³-hybridized carbons (Fsp3) is 0.455. The molecule has 1 rings (SSSR count). The summed E-state index contributed by atoms with van der Waals surface area (Å²) >= 11 is 6.03. The summed E-state index contributed by atoms with van der Waals surface area (Å²) in [6, 6.07) is 0. The molecule has 0 atom stereocenters. The predicted octanol–water partition coefficient (Wildman–Crippen LogP) is 5.70. The van der Waals surface area contributed by atoms with Gasteiger partial charge >= 0.3 is 0 Å². The zero-order chi connectivity index (χ0) is 20.6. The van der Waals surface area contributed by atoms with Crippen molar-refractivity contribution in [1.82, 2.24) is 0 Å². The van der Waals surface area contributed by atoms with Crippen LogP contribution in [0, 0.1) is 12.3 Å². The zero-order valence-corrected chi connectivity index (χ0v) is 17.3. The minimum absolute atomic E-state index is 0.0925. The Hall–Kier alpha value is -2.07. The first kappa shape index (κ1) is 23.0. The summed E-state index contributed by atoms with van der Waals surface area (Å²) in [4.78, 5) is 22.9. The molecular weight excluding hydrogens is 364 g/mol. The number of carbonyl (C=O) groups is 2. The molecule has 2 N–H and O–H groups in total. The Balaban J connectivity index is 2.49. The number of ketones is 1. The fourth-order valence-corrected chi connectivity index (χ4v) is 2.72. The highest BCUT2D eigenvalue weighted by atomic mass is 35.5. The molecular formula is C22H29ClO4. The number of halogens is 1. The normalized spacial score (nSPS) is 12.2. The van der Waals surface area contributed by atoms with Gasteiger partial charge in [0.25, 0.3) is 0 Å². The summed E-state index contributed by atoms with van der Waals surface area (Å²) in [6.45, 7) is 7.28. The van der Waals surface area contributed by atoms with E-state index in [1.54, 1.807) is 13.0 Å². The molecule has 0 aliphatic carbocycles. The Morgan fingerprint density at radius 1 is 1.04 bits per heavy atom. The Morgan fingerprint density at radius 2 is 1.63 bits per heavy atom. The smallest absolute Gasteiger partial charge is 0.160 e. The molecule has 0 aliphatic rings. The van der Waals surface area contributed by atoms with E-state index in [0.29, 0.717) is 18.3 Å². The molecule has 5 heteroatoms. The van der Waals surface area contributed by atoms with Crippen LogP contribution in [0.4, 0.5) is 0 Å². The van der Waals surface area contributed by atoms with E-state index >= 15 is 0 Å². The molecule has 0 saturated heterocycles. The van der Waals surface area contributed by atoms with Crippen molar-refractivity contribution in [3.05, 3.63) is 46.0 Å². The van der Waals surface area contributed by atoms with Crippen LogP contribution in [0.3, 0.4) is 0 Å². The number of hydrogen-bond acceptors (Lipinski definition) is 4. The third-order valence-electron chi connectivity index (χ3n) is 4.37. The zero-order valence-electron chi connectivity index (χ0n) is 16.5. The van der Waals surface area contributed by atoms with Crippen molar-refractivity contribution < 1.29 is 19.8 Å². The minimum Gasteiger partial charge on any atom is -0.507 e. The summed E-state index contributed by atoms with van der Waals surface area (Å²) in [6.07, 6.45) is 11.9. The van der Waals surface area contributed by atoms with Gasteiger partial charge < -0.3 is 10.2 Å². The molecule has 0 saturated carbocycles. The van der Waals surface area contributed by atoms with Gasteiger partial charge in [0.1, 0.15) is 11.5 Å². The lowest BCUT2D eigenvalue weighted by Gasteiger charge is -2.12. The maximum atomic E-state index is 11.7. The van der Waals surface area contributed by atoms with E-state index in [1.807, 2.05) is 39.0 Å². The fourth-order valence-electron chi connectivity index (χ4n) is 2.50. The molecule has 0 unspecified atom stereocenters. The molecule has 0 heterocycles. The van der Waals surface area contributed by atoms with Crippen LogP contribution in [-0.2, 0) is 11.2 Å². The molecule has 148 valence electrons. The lowest BCUT2D eigenvalue weighted by molar-refractivity contribution is -0.121. The molecule has 0 aromatic heterocycles. The van der Waals surface area contributed by atoms with Crippen LogP contribution in [0.2, 0.25) is 5.02 Å². The first-order valence-electron chi connectivity index (χ1n) is 9.15. The summed E-state index contributed by atoms with van der Waals surface area (Å²) < 4.78 is 0. The molecule has 0 fully saturated rings. The van der Waals surface area contributed by atoms with Gasteiger partial charge in [0.2, 0.25) is 0 Å². The predicted molar refractivity (Wildman–Crippen MR) is 110 cm³/mol. The topological polar surface area (TPSA) is 74.6 Å². The lowest BCUT2D eigenvalue weighted by Crippen LogP contribution is -2.17. The highest BCUT2D eigenvalue weighted by molar-refractivity contribution is 6.33. The van der Waals surface area contributed by atoms with E-state index in [-0.39, 0.29) is 38.8 Å². The maximum absolute atomic E-state index is 11.7. The van der Waals surface area contributed by atoms with Gasteiger partial charge in [-0.1, -0.05) is 50.6 Å². The molecule has 0 amide bonds. The molecule has 0 aliphatic heterocycles. The molecule has 0 bridgehead atoms. The number of allylic oxidation sites excluding steroid dienone is 4. The van der Waals surface area contributed by atoms with Gasteiger partial charge in [0.15, 0.2) is 12.1 Å². The molecule has 4 nitrogen and oxygen atoms in total. The summed E-state index contributed by atoms with van der Waals surface area (Å²) in [5.74, 6) is -0.272. The van der Waals surface area contributed by atoms with Crippen molar-refractivity contribution >= 4 is 23.7 Å². The number of phenols is 2. The monoisotopic (exact) mass is 392 g/mol. The highest BCUT2D eigenvalue weighted by Gasteiger charge is 2.19. The van der Waals surface area contributed by atoms with Crippen LogP contribution in [0.5, 0.6) is 11.5 Å². The van der Waals surface area contributed by atoms with E-state index in [9.17, 15) is 19.8 Å². The van der Waals surface area contributed by atoms with Crippen molar-refractivity contribution in [3.8, 4) is 11.5 Å². The van der Waals surface area contributed by atoms with E-state index in [1.165, 1.54) is 0 Å². The van der Waals surface area contributed by atoms with E-state index < -0.39 is 0 Å². The van der Waals surface area contributed by atoms with Crippen molar-refractivity contribution in [1.29, 1.82) is 0 Å². The van der Waals surface area contributed by atoms with Crippen LogP contribution in [0.15, 0.2) is 24.3 Å². The third-order valence-corrected chi connectivity index (χ3v) is 4.84. The molecule has 0 spiro atoms. The van der Waals surface area contributed by atoms with Gasteiger partial charge in [-0.15, -0.1) is 0 Å². The lowest BCUT2D eigenvalue weighted by atomic mass is 9.90. The number of aldehydes is 1. The standard InChI is InChI=1S/C22H29ClO4/c1-15-17(14-24)20(26)16(21(27)19(15)23)12-10-8-6-5-7-9-11-13-18(25)22(2,3)4/h8,10-11,13-14,26-27H,5-7,9,12H2,1-4H3/b10-8+,13-11+. The number of rotatable bonds is 9. The minimum atomic E-state index is -0.334. The number of aromatic hydroxyl groups is 2. The first-order chi connectivity index (χ1) is 12.6. The molecule has 1 aromatic carbocycles. The van der Waals surface area contributed by atoms with Crippen LogP contribution in [-0.4, -0.2) is 22.3 Å². The van der Waals surface area contributed by atoms with Gasteiger partial charge in [-0.25, -0.2) is 0 Å². The second-order valence-electron chi connectivity index (χ2n) is 7.62. The van der Waals surface area contributed by atoms with Crippen molar-refractivity contribution in [2.75, 3.05) is 0 Å². The number of benzene rings is 1. The molecule has 27 heavy (non-hydrogen) atoms. The average Bonchev–Trinajstić information content (AvgIpc) is 2.60. The maximum Gasteiger partial charge on any atom is 0.160 e. The van der Waals surface area contributed by atoms with Gasteiger partial charge in [-0.3, -0.25) is 9.59 Å². The third kappa shape index (κ3) is 6.55. The second-order valence-corrected chi connectivity index (χ2v) is 8.00. The molecule has 0 radical (unpaired) electrons. The average molecular weight is 393 g/mol. The summed E-state index contributed by atoms with van der Waals surface area (Å²) in [5.41, 5.74) is 0.400. The van der Waals surface area contributed by atoms with Crippen LogP contribution < -0.4 is 0 Å². The summed E-state index contributed by atoms with van der Waals surface area (Å²) in [7, 11) is 0. The Kier molecular flexibility index (Phi) is 8.77. The Bertz CT molecular complexity index is 740. The first-order valence-corrected chi connectivity index (χ1v) is 9.53. The van der Waals surface area contributed by atoms with Gasteiger partial charge in [-0.05, 0) is 50.7 Å². The quantitative estimate of drug-likeness (QED) is 0.244. The van der Waals surface area contributed by atoms with E-state index in [4.69, 9.17) is 11.6 Å². The Labute approximate surface area is 166 Å². The second kappa shape index (κ2) is 10.3. The number of hydrogen-bond donors (Lipinski definition) is 2. The number of unbranched alkanes of at least 4 members (excludes halogenated alkanes) is 3. The van der Waals surface area contributed by atoms with E-state index in [2.05, 4.69) is 0 Å². The highest BCUT2D eigenvalue weighted by Crippen LogP contribution is 2.40.